The molecule has 1 saturated heterocycles. The van der Waals surface area contributed by atoms with Gasteiger partial charge in [-0.25, -0.2) is 35.2 Å². The highest BCUT2D eigenvalue weighted by Crippen LogP contribution is 2.42. The van der Waals surface area contributed by atoms with Crippen LogP contribution in [0.1, 0.15) is 77.9 Å². The van der Waals surface area contributed by atoms with Crippen molar-refractivity contribution in [2.24, 2.45) is 0 Å². The van der Waals surface area contributed by atoms with Crippen LogP contribution in [0.15, 0.2) is 83.8 Å². The number of sulfonamides is 1. The second-order valence-electron chi connectivity index (χ2n) is 13.0. The Morgan fingerprint density at radius 1 is 0.769 bits per heavy atom. The van der Waals surface area contributed by atoms with Gasteiger partial charge < -0.3 is 14.7 Å². The molecule has 1 atom stereocenters. The average molecular weight is 743 g/mol. The second kappa shape index (κ2) is 15.1. The molecule has 6 rings (SSSR count). The van der Waals surface area contributed by atoms with Gasteiger partial charge in [-0.05, 0) is 66.1 Å². The van der Waals surface area contributed by atoms with Crippen molar-refractivity contribution in [3.05, 3.63) is 130 Å². The molecular weight excluding hydrogens is 707 g/mol. The number of hydrogen-bond acceptors (Lipinski definition) is 5. The van der Waals surface area contributed by atoms with Gasteiger partial charge in [0.1, 0.15) is 0 Å². The second-order valence-corrected chi connectivity index (χ2v) is 14.8. The molecule has 14 heteroatoms. The van der Waals surface area contributed by atoms with Gasteiger partial charge in [0.2, 0.25) is 11.5 Å². The highest BCUT2D eigenvalue weighted by atomic mass is 32.2. The topological polar surface area (TPSA) is 104 Å². The van der Waals surface area contributed by atoms with Crippen molar-refractivity contribution >= 4 is 27.6 Å². The summed E-state index contributed by atoms with van der Waals surface area (Å²) in [6, 6.07) is 21.1. The molecule has 1 aliphatic carbocycles. The molecule has 0 radical (unpaired) electrons. The lowest BCUT2D eigenvalue weighted by Gasteiger charge is -2.40. The number of rotatable bonds is 11. The van der Waals surface area contributed by atoms with Crippen LogP contribution in [0, 0.1) is 29.1 Å². The Bertz CT molecular complexity index is 2030. The lowest BCUT2D eigenvalue weighted by Crippen LogP contribution is -2.60. The molecule has 0 spiro atoms. The number of benzene rings is 4. The van der Waals surface area contributed by atoms with E-state index in [9.17, 15) is 31.5 Å². The van der Waals surface area contributed by atoms with Crippen molar-refractivity contribution in [3.8, 4) is 0 Å². The fourth-order valence-corrected chi connectivity index (χ4v) is 8.82. The molecule has 2 fully saturated rings. The highest BCUT2D eigenvalue weighted by Gasteiger charge is 2.57. The lowest BCUT2D eigenvalue weighted by molar-refractivity contribution is -0.161. The fourth-order valence-electron chi connectivity index (χ4n) is 6.99. The summed E-state index contributed by atoms with van der Waals surface area (Å²) < 4.78 is 108. The quantitative estimate of drug-likeness (QED) is 0.0948. The molecular formula is C38H35F5N2O6S. The zero-order valence-electron chi connectivity index (χ0n) is 27.8. The standard InChI is InChI=1S/C38H35F5N2O6S/c39-30-31(40)33(42)35(34(43)32(30)41)52(49,50)45-21-7-20-38(45,51-23-25-8-3-1-4-9-25)37(48)44(29-18-16-28(17-19-29)36(46)47)22-24-12-14-27(15-13-24)26-10-5-2-6-11-26/h1,3-4,8-9,12-19,26H,2,5-7,10-11,20-23H2,(H,46,47)/t38-/m1/s1. The maximum atomic E-state index is 15.1. The molecule has 1 amide bonds. The minimum absolute atomic E-state index is 0.0863. The minimum atomic E-state index is -5.66. The summed E-state index contributed by atoms with van der Waals surface area (Å²) in [6.07, 6.45) is 5.09. The molecule has 1 heterocycles. The number of amides is 1. The van der Waals surface area contributed by atoms with E-state index in [1.54, 1.807) is 30.3 Å². The average Bonchev–Trinajstić information content (AvgIpc) is 3.61. The lowest BCUT2D eigenvalue weighted by atomic mass is 9.84. The van der Waals surface area contributed by atoms with Crippen LogP contribution in [0.25, 0.3) is 0 Å². The Morgan fingerprint density at radius 2 is 1.37 bits per heavy atom. The van der Waals surface area contributed by atoms with E-state index in [2.05, 4.69) is 0 Å². The third-order valence-corrected chi connectivity index (χ3v) is 11.7. The van der Waals surface area contributed by atoms with Gasteiger partial charge in [-0.1, -0.05) is 73.9 Å². The summed E-state index contributed by atoms with van der Waals surface area (Å²) in [4.78, 5) is 25.8. The number of carboxylic acid groups (broad SMARTS) is 1. The van der Waals surface area contributed by atoms with Crippen LogP contribution in [-0.4, -0.2) is 42.0 Å². The summed E-state index contributed by atoms with van der Waals surface area (Å²) in [5.74, 6) is -14.5. The molecule has 274 valence electrons. The number of aromatic carboxylic acids is 1. The van der Waals surface area contributed by atoms with Crippen LogP contribution < -0.4 is 4.90 Å². The molecule has 8 nitrogen and oxygen atoms in total. The van der Waals surface area contributed by atoms with Crippen molar-refractivity contribution in [1.29, 1.82) is 0 Å². The van der Waals surface area contributed by atoms with E-state index in [-0.39, 0.29) is 37.2 Å². The summed E-state index contributed by atoms with van der Waals surface area (Å²) in [6.45, 7) is -1.12. The molecule has 52 heavy (non-hydrogen) atoms. The first-order valence-corrected chi connectivity index (χ1v) is 18.3. The number of ether oxygens (including phenoxy) is 1. The Balaban J connectivity index is 1.46. The van der Waals surface area contributed by atoms with Crippen molar-refractivity contribution in [2.75, 3.05) is 11.4 Å². The predicted octanol–water partition coefficient (Wildman–Crippen LogP) is 8.06. The number of carbonyl (C=O) groups excluding carboxylic acids is 1. The molecule has 2 aliphatic rings. The fraction of sp³-hybridized carbons (Fsp3) is 0.316. The minimum Gasteiger partial charge on any atom is -0.478 e. The normalized spacial score (nSPS) is 18.4. The van der Waals surface area contributed by atoms with Crippen LogP contribution in [0.5, 0.6) is 0 Å². The first-order valence-electron chi connectivity index (χ1n) is 16.8. The van der Waals surface area contributed by atoms with E-state index in [4.69, 9.17) is 4.74 Å². The Kier molecular flexibility index (Phi) is 10.8. The van der Waals surface area contributed by atoms with Gasteiger partial charge >= 0.3 is 5.97 Å². The van der Waals surface area contributed by atoms with Crippen molar-refractivity contribution in [1.82, 2.24) is 4.31 Å². The van der Waals surface area contributed by atoms with Crippen molar-refractivity contribution in [2.45, 2.75) is 74.6 Å². The Morgan fingerprint density at radius 3 is 1.96 bits per heavy atom. The number of carbonyl (C=O) groups is 2. The smallest absolute Gasteiger partial charge is 0.335 e. The maximum absolute atomic E-state index is 15.1. The van der Waals surface area contributed by atoms with Gasteiger partial charge in [0.05, 0.1) is 18.7 Å². The zero-order chi connectivity index (χ0) is 37.2. The first-order chi connectivity index (χ1) is 24.8. The number of anilines is 1. The largest absolute Gasteiger partial charge is 0.478 e. The molecule has 4 aromatic rings. The van der Waals surface area contributed by atoms with Gasteiger partial charge in [-0.2, -0.15) is 4.31 Å². The van der Waals surface area contributed by atoms with Gasteiger partial charge in [-0.15, -0.1) is 0 Å². The van der Waals surface area contributed by atoms with Crippen molar-refractivity contribution in [3.63, 3.8) is 0 Å². The van der Waals surface area contributed by atoms with Gasteiger partial charge in [0.25, 0.3) is 15.9 Å². The van der Waals surface area contributed by atoms with E-state index < -0.39 is 68.2 Å². The summed E-state index contributed by atoms with van der Waals surface area (Å²) in [5.41, 5.74) is -0.270. The van der Waals surface area contributed by atoms with Crippen LogP contribution >= 0.6 is 0 Å². The maximum Gasteiger partial charge on any atom is 0.335 e. The van der Waals surface area contributed by atoms with Gasteiger partial charge in [0, 0.05) is 18.7 Å². The number of carboxylic acids is 1. The molecule has 1 aliphatic heterocycles. The summed E-state index contributed by atoms with van der Waals surface area (Å²) >= 11 is 0. The van der Waals surface area contributed by atoms with E-state index in [1.807, 2.05) is 24.3 Å². The zero-order valence-corrected chi connectivity index (χ0v) is 28.7. The number of nitrogens with zero attached hydrogens (tertiary/aromatic N) is 2. The molecule has 1 N–H and O–H groups in total. The molecule has 1 saturated carbocycles. The van der Waals surface area contributed by atoms with Gasteiger partial charge in [0.15, 0.2) is 28.2 Å². The first kappa shape index (κ1) is 37.1. The van der Waals surface area contributed by atoms with Gasteiger partial charge in [-0.3, -0.25) is 4.79 Å². The van der Waals surface area contributed by atoms with Crippen LogP contribution in [0.2, 0.25) is 0 Å². The molecule has 0 unspecified atom stereocenters. The van der Waals surface area contributed by atoms with Crippen LogP contribution in [0.4, 0.5) is 27.6 Å². The van der Waals surface area contributed by atoms with E-state index >= 15 is 13.6 Å². The predicted molar refractivity (Wildman–Crippen MR) is 180 cm³/mol. The Hall–Kier alpha value is -4.66. The highest BCUT2D eigenvalue weighted by molar-refractivity contribution is 7.89. The van der Waals surface area contributed by atoms with Crippen molar-refractivity contribution < 1.29 is 49.8 Å². The van der Waals surface area contributed by atoms with E-state index in [0.717, 1.165) is 31.2 Å². The molecule has 0 bridgehead atoms. The van der Waals surface area contributed by atoms with E-state index in [0.29, 0.717) is 21.4 Å². The third kappa shape index (κ3) is 7.06. The third-order valence-electron chi connectivity index (χ3n) is 9.72. The van der Waals surface area contributed by atoms with Crippen LogP contribution in [-0.2, 0) is 32.7 Å². The Labute approximate surface area is 297 Å². The molecule has 4 aromatic carbocycles. The summed E-state index contributed by atoms with van der Waals surface area (Å²) in [7, 11) is -5.66. The van der Waals surface area contributed by atoms with E-state index in [1.165, 1.54) is 35.6 Å². The molecule has 0 aromatic heterocycles. The number of hydrogen-bond donors (Lipinski definition) is 1. The summed E-state index contributed by atoms with van der Waals surface area (Å²) in [5, 5.41) is 9.51. The van der Waals surface area contributed by atoms with Crippen LogP contribution in [0.3, 0.4) is 0 Å². The SMILES string of the molecule is O=C(O)c1ccc(N(Cc2ccc(C3CCCCC3)cc2)C(=O)[C@]2(OCc3ccccc3)CCCN2S(=O)(=O)c2c(F)c(F)c(F)c(F)c2F)cc1. The monoisotopic (exact) mass is 742 g/mol. The number of halogens is 5.